The first-order valence-electron chi connectivity index (χ1n) is 7.23. The molecule has 118 valence electrons. The van der Waals surface area contributed by atoms with E-state index in [1.165, 1.54) is 36.5 Å². The van der Waals surface area contributed by atoms with Crippen LogP contribution in [0.5, 0.6) is 11.5 Å². The maximum absolute atomic E-state index is 12.8. The number of Topliss-reactive ketones (excluding diaryl/α,β-unsaturated/α-hetero) is 1. The van der Waals surface area contributed by atoms with Gasteiger partial charge in [0.2, 0.25) is 5.91 Å². The third-order valence-corrected chi connectivity index (χ3v) is 3.78. The van der Waals surface area contributed by atoms with Gasteiger partial charge in [-0.15, -0.1) is 0 Å². The van der Waals surface area contributed by atoms with Gasteiger partial charge >= 0.3 is 0 Å². The number of likely N-dealkylation sites (tertiary alicyclic amines) is 1. The zero-order chi connectivity index (χ0) is 16.4. The maximum Gasteiger partial charge on any atom is 0.233 e. The third-order valence-electron chi connectivity index (χ3n) is 3.78. The molecule has 2 heterocycles. The molecule has 1 amide bonds. The smallest absolute Gasteiger partial charge is 0.233 e. The number of ketones is 1. The van der Waals surface area contributed by atoms with Crippen LogP contribution in [0.3, 0.4) is 0 Å². The van der Waals surface area contributed by atoms with Crippen LogP contribution in [0.2, 0.25) is 0 Å². The lowest BCUT2D eigenvalue weighted by atomic mass is 10.00. The number of amides is 1. The lowest BCUT2D eigenvalue weighted by molar-refractivity contribution is -0.128. The van der Waals surface area contributed by atoms with E-state index < -0.39 is 5.92 Å². The molecule has 6 heteroatoms. The van der Waals surface area contributed by atoms with Gasteiger partial charge in [-0.2, -0.15) is 0 Å². The molecule has 0 N–H and O–H groups in total. The van der Waals surface area contributed by atoms with Crippen LogP contribution >= 0.6 is 0 Å². The van der Waals surface area contributed by atoms with Crippen LogP contribution in [0.25, 0.3) is 0 Å². The molecule has 0 radical (unpaired) electrons. The molecule has 1 aliphatic rings. The first-order valence-corrected chi connectivity index (χ1v) is 7.23. The van der Waals surface area contributed by atoms with Gasteiger partial charge in [-0.05, 0) is 42.8 Å². The minimum absolute atomic E-state index is 0.163. The zero-order valence-electron chi connectivity index (χ0n) is 12.5. The Balaban J connectivity index is 1.70. The number of halogens is 1. The van der Waals surface area contributed by atoms with Crippen molar-refractivity contribution in [1.29, 1.82) is 0 Å². The van der Waals surface area contributed by atoms with Gasteiger partial charge in [0.15, 0.2) is 5.78 Å². The van der Waals surface area contributed by atoms with Gasteiger partial charge in [-0.25, -0.2) is 9.37 Å². The Morgan fingerprint density at radius 3 is 2.48 bits per heavy atom. The Labute approximate surface area is 132 Å². The van der Waals surface area contributed by atoms with Gasteiger partial charge in [-0.3, -0.25) is 9.59 Å². The molecule has 1 aliphatic heterocycles. The first kappa shape index (κ1) is 15.1. The van der Waals surface area contributed by atoms with Crippen LogP contribution in [0.4, 0.5) is 4.39 Å². The summed E-state index contributed by atoms with van der Waals surface area (Å²) in [4.78, 5) is 29.8. The van der Waals surface area contributed by atoms with E-state index in [0.29, 0.717) is 24.5 Å². The highest BCUT2D eigenvalue weighted by Gasteiger charge is 2.35. The average Bonchev–Trinajstić information content (AvgIpc) is 2.89. The minimum atomic E-state index is -0.642. The number of rotatable bonds is 4. The van der Waals surface area contributed by atoms with E-state index in [-0.39, 0.29) is 23.2 Å². The van der Waals surface area contributed by atoms with Crippen LogP contribution in [-0.2, 0) is 4.79 Å². The summed E-state index contributed by atoms with van der Waals surface area (Å²) in [5, 5.41) is 0. The number of carbonyl (C=O) groups is 2. The Kier molecular flexibility index (Phi) is 4.06. The molecule has 23 heavy (non-hydrogen) atoms. The fraction of sp³-hybridized carbons (Fsp3) is 0.235. The Morgan fingerprint density at radius 2 is 1.91 bits per heavy atom. The SMILES string of the molecule is CN1CCC(C(=O)c2ccc(Oc3ccc(F)cc3)cn2)C1=O. The number of pyridine rings is 1. The molecular formula is C17H15FN2O3. The number of hydrogen-bond donors (Lipinski definition) is 0. The van der Waals surface area contributed by atoms with Crippen molar-refractivity contribution in [2.75, 3.05) is 13.6 Å². The summed E-state index contributed by atoms with van der Waals surface area (Å²) in [6, 6.07) is 8.73. The third kappa shape index (κ3) is 3.21. The molecule has 0 bridgehead atoms. The summed E-state index contributed by atoms with van der Waals surface area (Å²) in [6.45, 7) is 0.584. The second-order valence-corrected chi connectivity index (χ2v) is 5.40. The van der Waals surface area contributed by atoms with Crippen LogP contribution < -0.4 is 4.74 Å². The van der Waals surface area contributed by atoms with Crippen molar-refractivity contribution < 1.29 is 18.7 Å². The van der Waals surface area contributed by atoms with Gasteiger partial charge in [0.05, 0.1) is 6.20 Å². The van der Waals surface area contributed by atoms with Crippen LogP contribution in [0.1, 0.15) is 16.9 Å². The molecular weight excluding hydrogens is 299 g/mol. The lowest BCUT2D eigenvalue weighted by Gasteiger charge is -2.09. The topological polar surface area (TPSA) is 59.5 Å². The summed E-state index contributed by atoms with van der Waals surface area (Å²) in [5.74, 6) is -0.516. The lowest BCUT2D eigenvalue weighted by Crippen LogP contribution is -2.27. The van der Waals surface area contributed by atoms with Crippen molar-refractivity contribution in [1.82, 2.24) is 9.88 Å². The van der Waals surface area contributed by atoms with Crippen molar-refractivity contribution in [2.24, 2.45) is 5.92 Å². The van der Waals surface area contributed by atoms with Crippen molar-refractivity contribution in [2.45, 2.75) is 6.42 Å². The van der Waals surface area contributed by atoms with E-state index in [9.17, 15) is 14.0 Å². The van der Waals surface area contributed by atoms with Gasteiger partial charge in [0.25, 0.3) is 0 Å². The normalized spacial score (nSPS) is 17.4. The summed E-state index contributed by atoms with van der Waals surface area (Å²) in [7, 11) is 1.68. The van der Waals surface area contributed by atoms with E-state index in [4.69, 9.17) is 4.74 Å². The van der Waals surface area contributed by atoms with Gasteiger partial charge in [0, 0.05) is 13.6 Å². The van der Waals surface area contributed by atoms with Crippen LogP contribution in [-0.4, -0.2) is 35.2 Å². The number of carbonyl (C=O) groups excluding carboxylic acids is 2. The second-order valence-electron chi connectivity index (χ2n) is 5.40. The summed E-state index contributed by atoms with van der Waals surface area (Å²) < 4.78 is 18.4. The van der Waals surface area contributed by atoms with Crippen molar-refractivity contribution in [3.05, 3.63) is 54.1 Å². The minimum Gasteiger partial charge on any atom is -0.456 e. The molecule has 1 atom stereocenters. The standard InChI is InChI=1S/C17H15FN2O3/c1-20-9-8-14(17(20)22)16(21)15-7-6-13(10-19-15)23-12-4-2-11(18)3-5-12/h2-7,10,14H,8-9H2,1H3. The highest BCUT2D eigenvalue weighted by atomic mass is 19.1. The maximum atomic E-state index is 12.8. The molecule has 1 fully saturated rings. The van der Waals surface area contributed by atoms with Gasteiger partial charge in [0.1, 0.15) is 28.9 Å². The Hall–Kier alpha value is -2.76. The van der Waals surface area contributed by atoms with Crippen molar-refractivity contribution in [3.63, 3.8) is 0 Å². The molecule has 1 aromatic heterocycles. The quantitative estimate of drug-likeness (QED) is 0.643. The Morgan fingerprint density at radius 1 is 1.22 bits per heavy atom. The Bertz CT molecular complexity index is 729. The van der Waals surface area contributed by atoms with E-state index in [1.807, 2.05) is 0 Å². The van der Waals surface area contributed by atoms with Crippen molar-refractivity contribution in [3.8, 4) is 11.5 Å². The molecule has 0 spiro atoms. The highest BCUT2D eigenvalue weighted by Crippen LogP contribution is 2.23. The molecule has 0 saturated carbocycles. The van der Waals surface area contributed by atoms with Crippen LogP contribution in [0, 0.1) is 11.7 Å². The largest absolute Gasteiger partial charge is 0.456 e. The average molecular weight is 314 g/mol. The van der Waals surface area contributed by atoms with Crippen molar-refractivity contribution >= 4 is 11.7 Å². The zero-order valence-corrected chi connectivity index (χ0v) is 12.5. The molecule has 1 unspecified atom stereocenters. The van der Waals surface area contributed by atoms with E-state index in [0.717, 1.165) is 0 Å². The molecule has 1 aromatic carbocycles. The molecule has 1 saturated heterocycles. The fourth-order valence-corrected chi connectivity index (χ4v) is 2.47. The molecule has 5 nitrogen and oxygen atoms in total. The number of nitrogens with zero attached hydrogens (tertiary/aromatic N) is 2. The van der Waals surface area contributed by atoms with Gasteiger partial charge in [-0.1, -0.05) is 0 Å². The molecule has 3 rings (SSSR count). The first-order chi connectivity index (χ1) is 11.0. The molecule has 2 aromatic rings. The number of benzene rings is 1. The van der Waals surface area contributed by atoms with E-state index in [2.05, 4.69) is 4.98 Å². The predicted octanol–water partition coefficient (Wildman–Crippen LogP) is 2.67. The number of aromatic nitrogens is 1. The fourth-order valence-electron chi connectivity index (χ4n) is 2.47. The summed E-state index contributed by atoms with van der Waals surface area (Å²) >= 11 is 0. The highest BCUT2D eigenvalue weighted by molar-refractivity contribution is 6.09. The second kappa shape index (κ2) is 6.16. The summed E-state index contributed by atoms with van der Waals surface area (Å²) in [6.07, 6.45) is 1.93. The summed E-state index contributed by atoms with van der Waals surface area (Å²) in [5.41, 5.74) is 0.241. The monoisotopic (exact) mass is 314 g/mol. The number of ether oxygens (including phenoxy) is 1. The van der Waals surface area contributed by atoms with Crippen LogP contribution in [0.15, 0.2) is 42.6 Å². The predicted molar refractivity (Wildman–Crippen MR) is 80.8 cm³/mol. The molecule has 0 aliphatic carbocycles. The van der Waals surface area contributed by atoms with Gasteiger partial charge < -0.3 is 9.64 Å². The van der Waals surface area contributed by atoms with E-state index >= 15 is 0 Å². The van der Waals surface area contributed by atoms with E-state index in [1.54, 1.807) is 18.0 Å². The number of hydrogen-bond acceptors (Lipinski definition) is 4.